The maximum Gasteiger partial charge on any atom is 0.269 e. The van der Waals surface area contributed by atoms with E-state index in [0.717, 1.165) is 45.0 Å². The van der Waals surface area contributed by atoms with Crippen molar-refractivity contribution >= 4 is 23.4 Å². The number of ether oxygens (including phenoxy) is 1. The molecule has 0 radical (unpaired) electrons. The summed E-state index contributed by atoms with van der Waals surface area (Å²) in [4.78, 5) is 25.3. The van der Waals surface area contributed by atoms with Crippen molar-refractivity contribution in [2.75, 3.05) is 45.1 Å². The summed E-state index contributed by atoms with van der Waals surface area (Å²) < 4.78 is 7.21. The van der Waals surface area contributed by atoms with Crippen LogP contribution in [0, 0.1) is 10.1 Å². The summed E-state index contributed by atoms with van der Waals surface area (Å²) in [5, 5.41) is 23.1. The largest absolute Gasteiger partial charge is 0.379 e. The van der Waals surface area contributed by atoms with E-state index in [1.165, 1.54) is 23.9 Å². The van der Waals surface area contributed by atoms with Crippen molar-refractivity contribution < 1.29 is 14.5 Å². The first kappa shape index (κ1) is 23.9. The number of hydrogen-bond donors (Lipinski definition) is 1. The van der Waals surface area contributed by atoms with Crippen LogP contribution >= 0.6 is 11.8 Å². The zero-order valence-electron chi connectivity index (χ0n) is 18.6. The highest BCUT2D eigenvalue weighted by molar-refractivity contribution is 7.99. The Morgan fingerprint density at radius 2 is 1.82 bits per heavy atom. The first-order valence-corrected chi connectivity index (χ1v) is 12.1. The number of hydrogen-bond acceptors (Lipinski definition) is 8. The number of rotatable bonds is 10. The van der Waals surface area contributed by atoms with Gasteiger partial charge >= 0.3 is 0 Å². The van der Waals surface area contributed by atoms with E-state index in [2.05, 4.69) is 20.4 Å². The van der Waals surface area contributed by atoms with Crippen molar-refractivity contribution in [2.24, 2.45) is 0 Å². The topological polar surface area (TPSA) is 115 Å². The lowest BCUT2D eigenvalue weighted by molar-refractivity contribution is -0.384. The number of nitro benzene ring substituents is 1. The Labute approximate surface area is 201 Å². The molecule has 1 saturated heterocycles. The standard InChI is InChI=1S/C23H26N6O4S/c30-21(24-11-4-12-27-13-15-33-16-14-27)17-34-23-26-25-22(28(23)19-5-2-1-3-6-19)18-7-9-20(10-8-18)29(31)32/h1-3,5-10H,4,11-17H2,(H,24,30). The smallest absolute Gasteiger partial charge is 0.269 e. The normalized spacial score (nSPS) is 14.1. The predicted molar refractivity (Wildman–Crippen MR) is 129 cm³/mol. The molecule has 178 valence electrons. The number of para-hydroxylation sites is 1. The highest BCUT2D eigenvalue weighted by Gasteiger charge is 2.18. The Morgan fingerprint density at radius 3 is 2.53 bits per heavy atom. The second-order valence-electron chi connectivity index (χ2n) is 7.73. The van der Waals surface area contributed by atoms with E-state index >= 15 is 0 Å². The first-order valence-electron chi connectivity index (χ1n) is 11.1. The van der Waals surface area contributed by atoms with E-state index in [9.17, 15) is 14.9 Å². The number of nitro groups is 1. The van der Waals surface area contributed by atoms with Crippen molar-refractivity contribution in [3.05, 3.63) is 64.7 Å². The minimum Gasteiger partial charge on any atom is -0.379 e. The molecular weight excluding hydrogens is 456 g/mol. The van der Waals surface area contributed by atoms with E-state index in [1.807, 2.05) is 34.9 Å². The second kappa shape index (κ2) is 11.7. The van der Waals surface area contributed by atoms with Gasteiger partial charge in [0.05, 0.1) is 23.9 Å². The number of amides is 1. The Hall–Kier alpha value is -3.28. The molecule has 2 aromatic carbocycles. The summed E-state index contributed by atoms with van der Waals surface area (Å²) in [5.41, 5.74) is 1.55. The van der Waals surface area contributed by atoms with Crippen LogP contribution in [0.5, 0.6) is 0 Å². The van der Waals surface area contributed by atoms with Gasteiger partial charge in [-0.15, -0.1) is 10.2 Å². The van der Waals surface area contributed by atoms with Crippen LogP contribution in [-0.4, -0.2) is 75.6 Å². The number of nitrogens with zero attached hydrogens (tertiary/aromatic N) is 5. The molecule has 10 nitrogen and oxygen atoms in total. The molecule has 0 aliphatic carbocycles. The maximum absolute atomic E-state index is 12.4. The Morgan fingerprint density at radius 1 is 1.09 bits per heavy atom. The molecule has 3 aromatic rings. The molecule has 0 bridgehead atoms. The monoisotopic (exact) mass is 482 g/mol. The van der Waals surface area contributed by atoms with Gasteiger partial charge in [-0.3, -0.25) is 24.4 Å². The molecule has 0 spiro atoms. The van der Waals surface area contributed by atoms with E-state index in [0.29, 0.717) is 23.1 Å². The predicted octanol–water partition coefficient (Wildman–Crippen LogP) is 2.77. The lowest BCUT2D eigenvalue weighted by Crippen LogP contribution is -2.38. The molecular formula is C23H26N6O4S. The Bertz CT molecular complexity index is 1100. The summed E-state index contributed by atoms with van der Waals surface area (Å²) in [6.07, 6.45) is 0.890. The second-order valence-corrected chi connectivity index (χ2v) is 8.67. The summed E-state index contributed by atoms with van der Waals surface area (Å²) in [7, 11) is 0. The molecule has 1 aliphatic rings. The van der Waals surface area contributed by atoms with Gasteiger partial charge in [-0.2, -0.15) is 0 Å². The van der Waals surface area contributed by atoms with Crippen LogP contribution in [0.3, 0.4) is 0 Å². The number of benzene rings is 2. The third kappa shape index (κ3) is 6.19. The highest BCUT2D eigenvalue weighted by Crippen LogP contribution is 2.28. The molecule has 0 unspecified atom stereocenters. The number of morpholine rings is 1. The summed E-state index contributed by atoms with van der Waals surface area (Å²) in [6.45, 7) is 4.99. The zero-order valence-corrected chi connectivity index (χ0v) is 19.4. The zero-order chi connectivity index (χ0) is 23.8. The quantitative estimate of drug-likeness (QED) is 0.203. The molecule has 11 heteroatoms. The lowest BCUT2D eigenvalue weighted by atomic mass is 10.2. The van der Waals surface area contributed by atoms with Crippen molar-refractivity contribution in [1.82, 2.24) is 25.0 Å². The third-order valence-corrected chi connectivity index (χ3v) is 6.32. The Kier molecular flexibility index (Phi) is 8.23. The molecule has 2 heterocycles. The van der Waals surface area contributed by atoms with Gasteiger partial charge in [-0.25, -0.2) is 0 Å². The van der Waals surface area contributed by atoms with Gasteiger partial charge in [0.2, 0.25) is 5.91 Å². The van der Waals surface area contributed by atoms with Gasteiger partial charge in [0, 0.05) is 43.0 Å². The average molecular weight is 483 g/mol. The molecule has 4 rings (SSSR count). The third-order valence-electron chi connectivity index (χ3n) is 5.39. The number of aromatic nitrogens is 3. The van der Waals surface area contributed by atoms with Crippen LogP contribution in [0.25, 0.3) is 17.1 Å². The number of thioether (sulfide) groups is 1. The molecule has 1 aromatic heterocycles. The SMILES string of the molecule is O=C(CSc1nnc(-c2ccc([N+](=O)[O-])cc2)n1-c1ccccc1)NCCCN1CCOCC1. The van der Waals surface area contributed by atoms with Crippen LogP contribution in [0.1, 0.15) is 6.42 Å². The summed E-state index contributed by atoms with van der Waals surface area (Å²) >= 11 is 1.30. The molecule has 34 heavy (non-hydrogen) atoms. The van der Waals surface area contributed by atoms with Crippen LogP contribution in [-0.2, 0) is 9.53 Å². The molecule has 1 amide bonds. The van der Waals surface area contributed by atoms with E-state index in [-0.39, 0.29) is 17.3 Å². The number of non-ortho nitro benzene ring substituents is 1. The number of carbonyl (C=O) groups is 1. The van der Waals surface area contributed by atoms with Crippen LogP contribution in [0.2, 0.25) is 0 Å². The first-order chi connectivity index (χ1) is 16.6. The maximum atomic E-state index is 12.4. The minimum absolute atomic E-state index is 0.00872. The fourth-order valence-corrected chi connectivity index (χ4v) is 4.41. The fraction of sp³-hybridized carbons (Fsp3) is 0.348. The van der Waals surface area contributed by atoms with E-state index < -0.39 is 4.92 Å². The highest BCUT2D eigenvalue weighted by atomic mass is 32.2. The van der Waals surface area contributed by atoms with Gasteiger partial charge in [0.1, 0.15) is 0 Å². The summed E-state index contributed by atoms with van der Waals surface area (Å²) in [5.74, 6) is 0.698. The average Bonchev–Trinajstić information content (AvgIpc) is 3.30. The van der Waals surface area contributed by atoms with Gasteiger partial charge in [-0.1, -0.05) is 30.0 Å². The van der Waals surface area contributed by atoms with Crippen LogP contribution in [0.15, 0.2) is 59.8 Å². The van der Waals surface area contributed by atoms with Crippen LogP contribution < -0.4 is 5.32 Å². The Balaban J connectivity index is 1.40. The van der Waals surface area contributed by atoms with Crippen molar-refractivity contribution in [3.63, 3.8) is 0 Å². The minimum atomic E-state index is -0.438. The van der Waals surface area contributed by atoms with Gasteiger partial charge in [-0.05, 0) is 37.2 Å². The molecule has 0 saturated carbocycles. The fourth-order valence-electron chi connectivity index (χ4n) is 3.63. The number of carbonyl (C=O) groups excluding carboxylic acids is 1. The van der Waals surface area contributed by atoms with Crippen molar-refractivity contribution in [1.29, 1.82) is 0 Å². The summed E-state index contributed by atoms with van der Waals surface area (Å²) in [6, 6.07) is 15.8. The van der Waals surface area contributed by atoms with Crippen molar-refractivity contribution in [3.8, 4) is 17.1 Å². The molecule has 1 N–H and O–H groups in total. The molecule has 1 aliphatic heterocycles. The van der Waals surface area contributed by atoms with Gasteiger partial charge < -0.3 is 10.1 Å². The van der Waals surface area contributed by atoms with Crippen molar-refractivity contribution in [2.45, 2.75) is 11.6 Å². The van der Waals surface area contributed by atoms with E-state index in [1.54, 1.807) is 12.1 Å². The molecule has 0 atom stereocenters. The van der Waals surface area contributed by atoms with E-state index in [4.69, 9.17) is 4.74 Å². The number of nitrogens with one attached hydrogen (secondary N) is 1. The van der Waals surface area contributed by atoms with Crippen LogP contribution in [0.4, 0.5) is 5.69 Å². The lowest BCUT2D eigenvalue weighted by Gasteiger charge is -2.26. The van der Waals surface area contributed by atoms with Gasteiger partial charge in [0.25, 0.3) is 5.69 Å². The van der Waals surface area contributed by atoms with Gasteiger partial charge in [0.15, 0.2) is 11.0 Å². The molecule has 1 fully saturated rings.